The van der Waals surface area contributed by atoms with Crippen molar-refractivity contribution in [3.63, 3.8) is 0 Å². The molecular formula is C3H8CeLaNd. The maximum Gasteiger partial charge on any atom is 0 e. The second-order valence-corrected chi connectivity index (χ2v) is 0.707. The molecule has 0 heterocycles. The molecule has 0 unspecified atom stereocenters. The second kappa shape index (κ2) is 23.1. The van der Waals surface area contributed by atoms with Gasteiger partial charge >= 0.3 is 0 Å². The van der Waals surface area contributed by atoms with Crippen molar-refractivity contribution in [3.8, 4) is 0 Å². The van der Waals surface area contributed by atoms with Crippen LogP contribution in [-0.2, 0) is 0 Å². The normalized spacial score (nSPS) is 3.00. The first-order valence-electron chi connectivity index (χ1n) is 1.41. The summed E-state index contributed by atoms with van der Waals surface area (Å²) in [6.07, 6.45) is 1.25. The molecule has 0 spiro atoms. The van der Waals surface area contributed by atoms with Gasteiger partial charge in [-0.3, -0.25) is 0 Å². The van der Waals surface area contributed by atoms with Gasteiger partial charge in [0.25, 0.3) is 0 Å². The number of hydrogen-bond donors (Lipinski definition) is 0. The molecular weight excluding hydrogens is 459 g/mol. The van der Waals surface area contributed by atoms with Crippen molar-refractivity contribution >= 4 is 0 Å². The summed E-state index contributed by atoms with van der Waals surface area (Å²) in [6, 6.07) is 0. The summed E-state index contributed by atoms with van der Waals surface area (Å²) in [5, 5.41) is 0. The van der Waals surface area contributed by atoms with Gasteiger partial charge in [0.2, 0.25) is 0 Å². The van der Waals surface area contributed by atoms with Gasteiger partial charge in [-0.1, -0.05) is 20.3 Å². The molecule has 0 amide bonds. The zero-order chi connectivity index (χ0) is 2.71. The fourth-order valence-corrected chi connectivity index (χ4v) is 0. The van der Waals surface area contributed by atoms with E-state index >= 15 is 0 Å². The average molecular weight is 467 g/mol. The van der Waals surface area contributed by atoms with Crippen molar-refractivity contribution in [1.29, 1.82) is 0 Å². The Bertz CT molecular complexity index is 10.8. The summed E-state index contributed by atoms with van der Waals surface area (Å²) in [5.74, 6) is 0. The van der Waals surface area contributed by atoms with Gasteiger partial charge in [-0.05, 0) is 0 Å². The van der Waals surface area contributed by atoms with Crippen LogP contribution >= 0.6 is 0 Å². The Hall–Kier alpha value is 3.92. The molecule has 0 bridgehead atoms. The van der Waals surface area contributed by atoms with Crippen LogP contribution in [-0.4, -0.2) is 0 Å². The molecule has 1 radical (unpaired) electrons. The van der Waals surface area contributed by atoms with Crippen LogP contribution in [0.1, 0.15) is 20.3 Å². The molecule has 0 aliphatic rings. The maximum absolute atomic E-state index is 2.12. The molecule has 0 nitrogen and oxygen atoms in total. The molecule has 3 heteroatoms. The Morgan fingerprint density at radius 3 is 1.17 bits per heavy atom. The van der Waals surface area contributed by atoms with E-state index in [1.165, 1.54) is 6.42 Å². The minimum absolute atomic E-state index is 0. The van der Waals surface area contributed by atoms with E-state index in [0.717, 1.165) is 0 Å². The molecule has 0 atom stereocenters. The molecule has 0 N–H and O–H groups in total. The van der Waals surface area contributed by atoms with Gasteiger partial charge < -0.3 is 0 Å². The molecule has 0 aliphatic heterocycles. The van der Waals surface area contributed by atoms with Crippen molar-refractivity contribution in [2.75, 3.05) is 0 Å². The summed E-state index contributed by atoms with van der Waals surface area (Å²) in [4.78, 5) is 0. The fraction of sp³-hybridized carbons (Fsp3) is 1.00. The van der Waals surface area contributed by atoms with Crippen LogP contribution in [0, 0.1) is 118 Å². The van der Waals surface area contributed by atoms with Gasteiger partial charge in [0.1, 0.15) is 0 Å². The third-order valence-electron chi connectivity index (χ3n) is 0. The summed E-state index contributed by atoms with van der Waals surface area (Å²) < 4.78 is 0. The number of hydrogen-bond acceptors (Lipinski definition) is 0. The summed E-state index contributed by atoms with van der Waals surface area (Å²) in [6.45, 7) is 4.25. The van der Waals surface area contributed by atoms with Gasteiger partial charge in [0, 0.05) is 118 Å². The van der Waals surface area contributed by atoms with Gasteiger partial charge in [0.05, 0.1) is 0 Å². The maximum atomic E-state index is 2.12. The molecule has 0 aromatic rings. The Balaban J connectivity index is -0.00000000667. The van der Waals surface area contributed by atoms with Crippen molar-refractivity contribution < 1.29 is 118 Å². The average Bonchev–Trinajstić information content (AvgIpc) is 0.918. The minimum Gasteiger partial charge on any atom is -0.0656 e. The molecule has 0 aromatic heterocycles. The Labute approximate surface area is 134 Å². The Kier molecular flexibility index (Phi) is 86.8. The topological polar surface area (TPSA) is 0 Å². The largest absolute Gasteiger partial charge is 0.0656 e. The molecule has 0 aliphatic carbocycles. The smallest absolute Gasteiger partial charge is 0 e. The SMILES string of the molecule is CCC.[Ce].[La].[Nd]. The summed E-state index contributed by atoms with van der Waals surface area (Å²) in [7, 11) is 0. The van der Waals surface area contributed by atoms with E-state index in [0.29, 0.717) is 0 Å². The van der Waals surface area contributed by atoms with Crippen LogP contribution in [0.5, 0.6) is 0 Å². The Morgan fingerprint density at radius 2 is 1.17 bits per heavy atom. The summed E-state index contributed by atoms with van der Waals surface area (Å²) in [5.41, 5.74) is 0. The van der Waals surface area contributed by atoms with E-state index in [1.54, 1.807) is 0 Å². The van der Waals surface area contributed by atoms with Crippen LogP contribution < -0.4 is 0 Å². The summed E-state index contributed by atoms with van der Waals surface area (Å²) >= 11 is 0. The van der Waals surface area contributed by atoms with Crippen molar-refractivity contribution in [2.45, 2.75) is 20.3 Å². The predicted octanol–water partition coefficient (Wildman–Crippen LogP) is 1.42. The van der Waals surface area contributed by atoms with Gasteiger partial charge in [0.15, 0.2) is 0 Å². The molecule has 6 heavy (non-hydrogen) atoms. The monoisotopic (exact) mass is 465 g/mol. The van der Waals surface area contributed by atoms with E-state index in [4.69, 9.17) is 0 Å². The van der Waals surface area contributed by atoms with E-state index < -0.39 is 0 Å². The van der Waals surface area contributed by atoms with Gasteiger partial charge in [-0.25, -0.2) is 0 Å². The first kappa shape index (κ1) is 22.5. The fourth-order valence-electron chi connectivity index (χ4n) is 0. The first-order valence-corrected chi connectivity index (χ1v) is 1.41. The van der Waals surface area contributed by atoms with Crippen LogP contribution in [0.2, 0.25) is 0 Å². The molecule has 0 saturated heterocycles. The molecule has 0 rings (SSSR count). The Morgan fingerprint density at radius 1 is 1.17 bits per heavy atom. The van der Waals surface area contributed by atoms with Crippen molar-refractivity contribution in [2.24, 2.45) is 0 Å². The van der Waals surface area contributed by atoms with E-state index in [-0.39, 0.29) is 118 Å². The van der Waals surface area contributed by atoms with E-state index in [2.05, 4.69) is 13.8 Å². The minimum atomic E-state index is 0. The zero-order valence-corrected chi connectivity index (χ0v) is 14.3. The van der Waals surface area contributed by atoms with Gasteiger partial charge in [-0.2, -0.15) is 0 Å². The molecule has 0 saturated carbocycles. The van der Waals surface area contributed by atoms with Crippen LogP contribution in [0.15, 0.2) is 0 Å². The van der Waals surface area contributed by atoms with E-state index in [9.17, 15) is 0 Å². The molecule has 31 valence electrons. The van der Waals surface area contributed by atoms with E-state index in [1.807, 2.05) is 0 Å². The molecule has 0 aromatic carbocycles. The molecule has 0 fully saturated rings. The van der Waals surface area contributed by atoms with Gasteiger partial charge in [-0.15, -0.1) is 0 Å². The zero-order valence-electron chi connectivity index (χ0n) is 4.28. The first-order chi connectivity index (χ1) is 1.41. The standard InChI is InChI=1S/C3H8.Ce.La.Nd/c1-3-2;;;/h3H2,1-2H3;;;. The van der Waals surface area contributed by atoms with Crippen LogP contribution in [0.25, 0.3) is 0 Å². The number of rotatable bonds is 0. The van der Waals surface area contributed by atoms with Crippen LogP contribution in [0.4, 0.5) is 0 Å². The van der Waals surface area contributed by atoms with Crippen molar-refractivity contribution in [3.05, 3.63) is 0 Å². The second-order valence-electron chi connectivity index (χ2n) is 0.707. The van der Waals surface area contributed by atoms with Crippen LogP contribution in [0.3, 0.4) is 0 Å². The third-order valence-corrected chi connectivity index (χ3v) is 0. The quantitative estimate of drug-likeness (QED) is 0.506. The van der Waals surface area contributed by atoms with Crippen molar-refractivity contribution in [1.82, 2.24) is 0 Å². The predicted molar refractivity (Wildman–Crippen MR) is 16.0 cm³/mol. The third kappa shape index (κ3) is 24.7.